The maximum atomic E-state index is 12.4. The van der Waals surface area contributed by atoms with Crippen LogP contribution in [0.5, 0.6) is 0 Å². The Bertz CT molecular complexity index is 748. The fourth-order valence-corrected chi connectivity index (χ4v) is 2.24. The van der Waals surface area contributed by atoms with E-state index in [1.165, 1.54) is 0 Å². The SMILES string of the molecule is Cc1cc(C(=O)NCc2ccc[nH]2)c2ccccc2n1. The first-order valence-electron chi connectivity index (χ1n) is 6.51. The Hall–Kier alpha value is -2.62. The molecule has 1 amide bonds. The number of hydrogen-bond acceptors (Lipinski definition) is 2. The molecule has 100 valence electrons. The zero-order chi connectivity index (χ0) is 13.9. The summed E-state index contributed by atoms with van der Waals surface area (Å²) in [5, 5.41) is 3.80. The van der Waals surface area contributed by atoms with E-state index in [1.54, 1.807) is 0 Å². The van der Waals surface area contributed by atoms with E-state index >= 15 is 0 Å². The van der Waals surface area contributed by atoms with Crippen molar-refractivity contribution >= 4 is 16.8 Å². The average molecular weight is 265 g/mol. The first-order chi connectivity index (χ1) is 9.74. The molecule has 0 bridgehead atoms. The number of aryl methyl sites for hydroxylation is 1. The smallest absolute Gasteiger partial charge is 0.252 e. The molecule has 0 aliphatic rings. The second kappa shape index (κ2) is 5.17. The van der Waals surface area contributed by atoms with Gasteiger partial charge in [0.25, 0.3) is 5.91 Å². The zero-order valence-electron chi connectivity index (χ0n) is 11.2. The maximum absolute atomic E-state index is 12.4. The number of para-hydroxylation sites is 1. The molecule has 4 heteroatoms. The lowest BCUT2D eigenvalue weighted by Gasteiger charge is -2.08. The number of H-pyrrole nitrogens is 1. The first-order valence-corrected chi connectivity index (χ1v) is 6.51. The number of benzene rings is 1. The second-order valence-corrected chi connectivity index (χ2v) is 4.71. The number of hydrogen-bond donors (Lipinski definition) is 2. The second-order valence-electron chi connectivity index (χ2n) is 4.71. The van der Waals surface area contributed by atoms with Crippen LogP contribution in [0.4, 0.5) is 0 Å². The van der Waals surface area contributed by atoms with Crippen molar-refractivity contribution in [2.45, 2.75) is 13.5 Å². The lowest BCUT2D eigenvalue weighted by atomic mass is 10.1. The van der Waals surface area contributed by atoms with Crippen molar-refractivity contribution < 1.29 is 4.79 Å². The predicted molar refractivity (Wildman–Crippen MR) is 78.4 cm³/mol. The summed E-state index contributed by atoms with van der Waals surface area (Å²) in [4.78, 5) is 19.9. The van der Waals surface area contributed by atoms with Gasteiger partial charge in [0.2, 0.25) is 0 Å². The average Bonchev–Trinajstić information content (AvgIpc) is 2.97. The summed E-state index contributed by atoms with van der Waals surface area (Å²) in [5.41, 5.74) is 3.33. The van der Waals surface area contributed by atoms with Crippen molar-refractivity contribution in [1.82, 2.24) is 15.3 Å². The summed E-state index contributed by atoms with van der Waals surface area (Å²) >= 11 is 0. The topological polar surface area (TPSA) is 57.8 Å². The van der Waals surface area contributed by atoms with E-state index in [0.29, 0.717) is 12.1 Å². The van der Waals surface area contributed by atoms with Gasteiger partial charge >= 0.3 is 0 Å². The third kappa shape index (κ3) is 2.40. The summed E-state index contributed by atoms with van der Waals surface area (Å²) in [6, 6.07) is 13.4. The van der Waals surface area contributed by atoms with Crippen LogP contribution < -0.4 is 5.32 Å². The monoisotopic (exact) mass is 265 g/mol. The normalized spacial score (nSPS) is 10.7. The van der Waals surface area contributed by atoms with Gasteiger partial charge in [0.1, 0.15) is 0 Å². The summed E-state index contributed by atoms with van der Waals surface area (Å²) < 4.78 is 0. The predicted octanol–water partition coefficient (Wildman–Crippen LogP) is 2.80. The highest BCUT2D eigenvalue weighted by Gasteiger charge is 2.11. The molecule has 0 saturated heterocycles. The summed E-state index contributed by atoms with van der Waals surface area (Å²) in [6.45, 7) is 2.38. The van der Waals surface area contributed by atoms with Crippen LogP contribution in [0.25, 0.3) is 10.9 Å². The van der Waals surface area contributed by atoms with Crippen molar-refractivity contribution in [1.29, 1.82) is 0 Å². The van der Waals surface area contributed by atoms with E-state index in [1.807, 2.05) is 55.6 Å². The van der Waals surface area contributed by atoms with E-state index in [4.69, 9.17) is 0 Å². The highest BCUT2D eigenvalue weighted by Crippen LogP contribution is 2.18. The van der Waals surface area contributed by atoms with Crippen molar-refractivity contribution in [3.63, 3.8) is 0 Å². The van der Waals surface area contributed by atoms with Crippen molar-refractivity contribution in [3.05, 3.63) is 65.6 Å². The van der Waals surface area contributed by atoms with Crippen molar-refractivity contribution in [3.8, 4) is 0 Å². The molecule has 0 radical (unpaired) electrons. The molecule has 0 spiro atoms. The van der Waals surface area contributed by atoms with Crippen LogP contribution >= 0.6 is 0 Å². The van der Waals surface area contributed by atoms with Gasteiger partial charge in [-0.05, 0) is 31.2 Å². The molecule has 20 heavy (non-hydrogen) atoms. The van der Waals surface area contributed by atoms with Gasteiger partial charge in [-0.2, -0.15) is 0 Å². The molecule has 3 aromatic rings. The lowest BCUT2D eigenvalue weighted by Crippen LogP contribution is -2.23. The molecule has 0 aliphatic carbocycles. The maximum Gasteiger partial charge on any atom is 0.252 e. The van der Waals surface area contributed by atoms with E-state index in [-0.39, 0.29) is 5.91 Å². The molecule has 1 aromatic carbocycles. The first kappa shape index (κ1) is 12.4. The lowest BCUT2D eigenvalue weighted by molar-refractivity contribution is 0.0952. The number of carbonyl (C=O) groups is 1. The van der Waals surface area contributed by atoms with Gasteiger partial charge in [-0.3, -0.25) is 9.78 Å². The Morgan fingerprint density at radius 3 is 2.90 bits per heavy atom. The van der Waals surface area contributed by atoms with Gasteiger partial charge in [-0.15, -0.1) is 0 Å². The number of aromatic nitrogens is 2. The van der Waals surface area contributed by atoms with Gasteiger partial charge in [-0.25, -0.2) is 0 Å². The summed E-state index contributed by atoms with van der Waals surface area (Å²) in [6.07, 6.45) is 1.84. The van der Waals surface area contributed by atoms with Crippen LogP contribution in [0, 0.1) is 6.92 Å². The Balaban J connectivity index is 1.90. The molecule has 3 rings (SSSR count). The highest BCUT2D eigenvalue weighted by atomic mass is 16.1. The zero-order valence-corrected chi connectivity index (χ0v) is 11.2. The number of fused-ring (bicyclic) bond motifs is 1. The molecule has 0 atom stereocenters. The van der Waals surface area contributed by atoms with Gasteiger partial charge < -0.3 is 10.3 Å². The molecule has 2 N–H and O–H groups in total. The number of nitrogens with one attached hydrogen (secondary N) is 2. The molecule has 2 aromatic heterocycles. The van der Waals surface area contributed by atoms with E-state index in [0.717, 1.165) is 22.3 Å². The number of carbonyl (C=O) groups excluding carboxylic acids is 1. The van der Waals surface area contributed by atoms with E-state index < -0.39 is 0 Å². The molecular weight excluding hydrogens is 250 g/mol. The minimum Gasteiger partial charge on any atom is -0.364 e. The van der Waals surface area contributed by atoms with Crippen LogP contribution in [0.15, 0.2) is 48.7 Å². The summed E-state index contributed by atoms with van der Waals surface area (Å²) in [5.74, 6) is -0.0821. The van der Waals surface area contributed by atoms with Crippen LogP contribution in [0.3, 0.4) is 0 Å². The number of pyridine rings is 1. The van der Waals surface area contributed by atoms with Gasteiger partial charge in [0, 0.05) is 23.0 Å². The molecule has 0 unspecified atom stereocenters. The van der Waals surface area contributed by atoms with Crippen LogP contribution in [0.1, 0.15) is 21.7 Å². The molecule has 0 fully saturated rings. The Labute approximate surface area is 116 Å². The molecule has 0 aliphatic heterocycles. The largest absolute Gasteiger partial charge is 0.364 e. The molecule has 0 saturated carbocycles. The summed E-state index contributed by atoms with van der Waals surface area (Å²) in [7, 11) is 0. The molecular formula is C16H15N3O. The number of nitrogens with zero attached hydrogens (tertiary/aromatic N) is 1. The van der Waals surface area contributed by atoms with Crippen LogP contribution in [0.2, 0.25) is 0 Å². The van der Waals surface area contributed by atoms with E-state index in [9.17, 15) is 4.79 Å². The quantitative estimate of drug-likeness (QED) is 0.765. The minimum absolute atomic E-state index is 0.0821. The van der Waals surface area contributed by atoms with Crippen molar-refractivity contribution in [2.75, 3.05) is 0 Å². The van der Waals surface area contributed by atoms with Crippen molar-refractivity contribution in [2.24, 2.45) is 0 Å². The fraction of sp³-hybridized carbons (Fsp3) is 0.125. The molecule has 2 heterocycles. The standard InChI is InChI=1S/C16H15N3O/c1-11-9-14(13-6-2-3-7-15(13)19-11)16(20)18-10-12-5-4-8-17-12/h2-9,17H,10H2,1H3,(H,18,20). The van der Waals surface area contributed by atoms with Gasteiger partial charge in [0.15, 0.2) is 0 Å². The number of amides is 1. The Kier molecular flexibility index (Phi) is 3.21. The van der Waals surface area contributed by atoms with Crippen LogP contribution in [-0.4, -0.2) is 15.9 Å². The fourth-order valence-electron chi connectivity index (χ4n) is 2.24. The third-order valence-corrected chi connectivity index (χ3v) is 3.19. The third-order valence-electron chi connectivity index (χ3n) is 3.19. The van der Waals surface area contributed by atoms with E-state index in [2.05, 4.69) is 15.3 Å². The highest BCUT2D eigenvalue weighted by molar-refractivity contribution is 6.06. The Morgan fingerprint density at radius 2 is 2.10 bits per heavy atom. The Morgan fingerprint density at radius 1 is 1.25 bits per heavy atom. The number of aromatic amines is 1. The minimum atomic E-state index is -0.0821. The number of rotatable bonds is 3. The van der Waals surface area contributed by atoms with Crippen LogP contribution in [-0.2, 0) is 6.54 Å². The molecule has 4 nitrogen and oxygen atoms in total. The van der Waals surface area contributed by atoms with Gasteiger partial charge in [-0.1, -0.05) is 18.2 Å². The van der Waals surface area contributed by atoms with Gasteiger partial charge in [0.05, 0.1) is 17.6 Å².